The molecule has 0 aromatic carbocycles. The highest BCUT2D eigenvalue weighted by Crippen LogP contribution is 2.28. The first kappa shape index (κ1) is 17.0. The van der Waals surface area contributed by atoms with Crippen LogP contribution >= 0.6 is 0 Å². The lowest BCUT2D eigenvalue weighted by molar-refractivity contribution is -0.356. The number of rotatable bonds is 2. The van der Waals surface area contributed by atoms with E-state index in [-0.39, 0.29) is 0 Å². The number of ether oxygens (including phenoxy) is 3. The smallest absolute Gasteiger partial charge is 0.187 e. The van der Waals surface area contributed by atoms with Crippen LogP contribution < -0.4 is 0 Å². The topological polar surface area (TPSA) is 149 Å². The molecule has 21 heavy (non-hydrogen) atoms. The predicted molar refractivity (Wildman–Crippen MR) is 65.8 cm³/mol. The SMILES string of the molecule is C[C@@H]1O[C@@H](O)[C@H](O[C@H]2O[C@H](C)[C@H](O)[C@H](O)[C@H]2O)[C@H](O)[C@H]1O. The first-order chi connectivity index (χ1) is 9.73. The van der Waals surface area contributed by atoms with Crippen LogP contribution in [0.4, 0.5) is 0 Å². The summed E-state index contributed by atoms with van der Waals surface area (Å²) in [6, 6.07) is 0. The molecule has 2 aliphatic heterocycles. The second-order valence-corrected chi connectivity index (χ2v) is 5.50. The first-order valence-corrected chi connectivity index (χ1v) is 6.78. The summed E-state index contributed by atoms with van der Waals surface area (Å²) in [5.41, 5.74) is 0. The van der Waals surface area contributed by atoms with Gasteiger partial charge in [-0.25, -0.2) is 0 Å². The molecule has 0 amide bonds. The molecule has 9 nitrogen and oxygen atoms in total. The third-order valence-corrected chi connectivity index (χ3v) is 3.90. The Bertz CT molecular complexity index is 354. The molecule has 0 saturated carbocycles. The maximum Gasteiger partial charge on any atom is 0.187 e. The Morgan fingerprint density at radius 1 is 0.667 bits per heavy atom. The average Bonchev–Trinajstić information content (AvgIpc) is 2.44. The van der Waals surface area contributed by atoms with Crippen LogP contribution in [0, 0.1) is 0 Å². The Labute approximate surface area is 121 Å². The normalized spacial score (nSPS) is 55.4. The van der Waals surface area contributed by atoms with Crippen molar-refractivity contribution in [2.24, 2.45) is 0 Å². The summed E-state index contributed by atoms with van der Waals surface area (Å²) in [4.78, 5) is 0. The Hall–Kier alpha value is -0.360. The van der Waals surface area contributed by atoms with E-state index in [9.17, 15) is 30.6 Å². The minimum Gasteiger partial charge on any atom is -0.388 e. The molecule has 0 bridgehead atoms. The zero-order valence-corrected chi connectivity index (χ0v) is 11.7. The van der Waals surface area contributed by atoms with Crippen LogP contribution in [0.15, 0.2) is 0 Å². The van der Waals surface area contributed by atoms with E-state index in [1.807, 2.05) is 0 Å². The monoisotopic (exact) mass is 310 g/mol. The van der Waals surface area contributed by atoms with Gasteiger partial charge in [0.15, 0.2) is 12.6 Å². The predicted octanol–water partition coefficient (Wildman–Crippen LogP) is -3.34. The molecule has 0 spiro atoms. The minimum absolute atomic E-state index is 0.793. The number of aliphatic hydroxyl groups excluding tert-OH is 6. The van der Waals surface area contributed by atoms with Crippen LogP contribution in [0.2, 0.25) is 0 Å². The van der Waals surface area contributed by atoms with Crippen LogP contribution in [0.3, 0.4) is 0 Å². The molecule has 2 heterocycles. The summed E-state index contributed by atoms with van der Waals surface area (Å²) in [5.74, 6) is 0. The zero-order chi connectivity index (χ0) is 15.9. The molecule has 10 atom stereocenters. The first-order valence-electron chi connectivity index (χ1n) is 6.78. The van der Waals surface area contributed by atoms with Gasteiger partial charge in [-0.3, -0.25) is 0 Å². The van der Waals surface area contributed by atoms with Gasteiger partial charge in [-0.05, 0) is 13.8 Å². The molecule has 2 aliphatic rings. The van der Waals surface area contributed by atoms with Crippen molar-refractivity contribution in [1.29, 1.82) is 0 Å². The lowest BCUT2D eigenvalue weighted by Gasteiger charge is -2.44. The highest BCUT2D eigenvalue weighted by Gasteiger charge is 2.48. The van der Waals surface area contributed by atoms with E-state index in [1.54, 1.807) is 0 Å². The van der Waals surface area contributed by atoms with E-state index in [1.165, 1.54) is 13.8 Å². The van der Waals surface area contributed by atoms with Gasteiger partial charge in [0.1, 0.15) is 36.6 Å². The van der Waals surface area contributed by atoms with Crippen molar-refractivity contribution in [2.75, 3.05) is 0 Å². The number of aliphatic hydroxyl groups is 6. The van der Waals surface area contributed by atoms with E-state index in [2.05, 4.69) is 0 Å². The van der Waals surface area contributed by atoms with E-state index >= 15 is 0 Å². The lowest BCUT2D eigenvalue weighted by Crippen LogP contribution is -2.62. The fraction of sp³-hybridized carbons (Fsp3) is 1.00. The molecule has 0 unspecified atom stereocenters. The molecular weight excluding hydrogens is 288 g/mol. The molecular formula is C12H22O9. The zero-order valence-electron chi connectivity index (χ0n) is 11.7. The fourth-order valence-electron chi connectivity index (χ4n) is 2.45. The Kier molecular flexibility index (Phi) is 5.19. The van der Waals surface area contributed by atoms with Crippen LogP contribution in [-0.2, 0) is 14.2 Å². The van der Waals surface area contributed by atoms with Gasteiger partial charge in [-0.1, -0.05) is 0 Å². The third-order valence-electron chi connectivity index (χ3n) is 3.90. The van der Waals surface area contributed by atoms with Gasteiger partial charge in [0.25, 0.3) is 0 Å². The maximum atomic E-state index is 9.91. The highest BCUT2D eigenvalue weighted by atomic mass is 16.7. The Morgan fingerprint density at radius 2 is 1.19 bits per heavy atom. The van der Waals surface area contributed by atoms with Crippen molar-refractivity contribution >= 4 is 0 Å². The van der Waals surface area contributed by atoms with Gasteiger partial charge in [0.2, 0.25) is 0 Å². The molecule has 0 aromatic rings. The van der Waals surface area contributed by atoms with Crippen molar-refractivity contribution in [2.45, 2.75) is 75.3 Å². The average molecular weight is 310 g/mol. The Balaban J connectivity index is 2.06. The van der Waals surface area contributed by atoms with Gasteiger partial charge in [-0.2, -0.15) is 0 Å². The van der Waals surface area contributed by atoms with E-state index < -0.39 is 61.4 Å². The second kappa shape index (κ2) is 6.41. The van der Waals surface area contributed by atoms with E-state index in [0.717, 1.165) is 0 Å². The molecule has 0 aromatic heterocycles. The molecule has 2 saturated heterocycles. The van der Waals surface area contributed by atoms with Gasteiger partial charge >= 0.3 is 0 Å². The van der Waals surface area contributed by atoms with Crippen LogP contribution in [0.25, 0.3) is 0 Å². The molecule has 0 aliphatic carbocycles. The van der Waals surface area contributed by atoms with Gasteiger partial charge in [0.05, 0.1) is 12.2 Å². The van der Waals surface area contributed by atoms with Crippen LogP contribution in [0.5, 0.6) is 0 Å². The van der Waals surface area contributed by atoms with Gasteiger partial charge in [0, 0.05) is 0 Å². The number of hydrogen-bond donors (Lipinski definition) is 6. The summed E-state index contributed by atoms with van der Waals surface area (Å²) < 4.78 is 15.5. The summed E-state index contributed by atoms with van der Waals surface area (Å²) in [6.45, 7) is 2.94. The minimum atomic E-state index is -1.58. The molecule has 9 heteroatoms. The molecule has 2 rings (SSSR count). The van der Waals surface area contributed by atoms with Gasteiger partial charge < -0.3 is 44.8 Å². The quantitative estimate of drug-likeness (QED) is 0.308. The van der Waals surface area contributed by atoms with E-state index in [0.29, 0.717) is 0 Å². The molecule has 2 fully saturated rings. The van der Waals surface area contributed by atoms with Gasteiger partial charge in [-0.15, -0.1) is 0 Å². The fourth-order valence-corrected chi connectivity index (χ4v) is 2.45. The third kappa shape index (κ3) is 3.21. The maximum absolute atomic E-state index is 9.91. The van der Waals surface area contributed by atoms with Crippen molar-refractivity contribution in [1.82, 2.24) is 0 Å². The van der Waals surface area contributed by atoms with Crippen molar-refractivity contribution in [3.05, 3.63) is 0 Å². The standard InChI is InChI=1S/C12H22O9/c1-3-6(14)8(16)10(11(18)19-3)21-12-9(17)7(15)5(13)4(2)20-12/h3-18H,1-2H3/t3-,4+,5-,6-,7-,8+,9+,10+,11+,12+/m0/s1. The second-order valence-electron chi connectivity index (χ2n) is 5.50. The molecule has 0 radical (unpaired) electrons. The van der Waals surface area contributed by atoms with Crippen molar-refractivity contribution in [3.8, 4) is 0 Å². The summed E-state index contributed by atoms with van der Waals surface area (Å²) in [5, 5.41) is 58.5. The van der Waals surface area contributed by atoms with Crippen LogP contribution in [-0.4, -0.2) is 92.1 Å². The largest absolute Gasteiger partial charge is 0.388 e. The Morgan fingerprint density at radius 3 is 1.81 bits per heavy atom. The van der Waals surface area contributed by atoms with E-state index in [4.69, 9.17) is 14.2 Å². The highest BCUT2D eigenvalue weighted by molar-refractivity contribution is 4.91. The van der Waals surface area contributed by atoms with Crippen molar-refractivity contribution in [3.63, 3.8) is 0 Å². The summed E-state index contributed by atoms with van der Waals surface area (Å²) in [7, 11) is 0. The summed E-state index contributed by atoms with van der Waals surface area (Å²) in [6.07, 6.45) is -13.0. The number of hydrogen-bond acceptors (Lipinski definition) is 9. The summed E-state index contributed by atoms with van der Waals surface area (Å²) >= 11 is 0. The van der Waals surface area contributed by atoms with Crippen molar-refractivity contribution < 1.29 is 44.8 Å². The molecule has 6 N–H and O–H groups in total. The lowest BCUT2D eigenvalue weighted by atomic mass is 9.98. The molecule has 124 valence electrons. The van der Waals surface area contributed by atoms with Crippen LogP contribution in [0.1, 0.15) is 13.8 Å².